The van der Waals surface area contributed by atoms with Crippen molar-refractivity contribution in [2.75, 3.05) is 0 Å². The number of hydrogen-bond acceptors (Lipinski definition) is 3. The van der Waals surface area contributed by atoms with Crippen molar-refractivity contribution in [2.45, 2.75) is 0 Å². The Morgan fingerprint density at radius 1 is 1.36 bits per heavy atom. The Balaban J connectivity index is 2.79. The number of nitrogens with zero attached hydrogens (tertiary/aromatic N) is 1. The summed E-state index contributed by atoms with van der Waals surface area (Å²) in [6.45, 7) is 0. The van der Waals surface area contributed by atoms with Crippen molar-refractivity contribution < 1.29 is 4.92 Å². The van der Waals surface area contributed by atoms with Crippen molar-refractivity contribution in [1.29, 1.82) is 0 Å². The maximum atomic E-state index is 10.7. The number of nitro groups is 1. The van der Waals surface area contributed by atoms with E-state index in [1.165, 1.54) is 11.3 Å². The minimum absolute atomic E-state index is 0.151. The van der Waals surface area contributed by atoms with E-state index in [-0.39, 0.29) is 9.92 Å². The van der Waals surface area contributed by atoms with Gasteiger partial charge in [-0.25, -0.2) is 0 Å². The van der Waals surface area contributed by atoms with Crippen LogP contribution >= 0.6 is 43.2 Å². The Morgan fingerprint density at radius 2 is 2.07 bits per heavy atom. The molecule has 0 saturated heterocycles. The van der Waals surface area contributed by atoms with Gasteiger partial charge in [-0.3, -0.25) is 10.1 Å². The van der Waals surface area contributed by atoms with Gasteiger partial charge in [0.1, 0.15) is 4.47 Å². The average Bonchev–Trinajstić information content (AvgIpc) is 2.43. The molecule has 1 aromatic heterocycles. The van der Waals surface area contributed by atoms with Gasteiger partial charge < -0.3 is 0 Å². The first-order valence-corrected chi connectivity index (χ1v) is 6.02. The first-order chi connectivity index (χ1) is 6.59. The van der Waals surface area contributed by atoms with Crippen molar-refractivity contribution >= 4 is 58.3 Å². The van der Waals surface area contributed by atoms with E-state index in [2.05, 4.69) is 31.9 Å². The van der Waals surface area contributed by atoms with Gasteiger partial charge in [0.25, 0.3) is 0 Å². The Morgan fingerprint density at radius 3 is 2.71 bits per heavy atom. The fourth-order valence-corrected chi connectivity index (χ4v) is 3.47. The van der Waals surface area contributed by atoms with Crippen molar-refractivity contribution in [2.24, 2.45) is 0 Å². The molecule has 3 nitrogen and oxygen atoms in total. The van der Waals surface area contributed by atoms with Crippen molar-refractivity contribution in [1.82, 2.24) is 0 Å². The summed E-state index contributed by atoms with van der Waals surface area (Å²) in [4.78, 5) is 10.3. The quantitative estimate of drug-likeness (QED) is 0.574. The van der Waals surface area contributed by atoms with Gasteiger partial charge in [0.05, 0.1) is 4.92 Å². The zero-order chi connectivity index (χ0) is 10.3. The number of rotatable bonds is 1. The summed E-state index contributed by atoms with van der Waals surface area (Å²) in [7, 11) is 0. The van der Waals surface area contributed by atoms with Gasteiger partial charge in [0.15, 0.2) is 0 Å². The highest BCUT2D eigenvalue weighted by atomic mass is 79.9. The molecule has 72 valence electrons. The van der Waals surface area contributed by atoms with E-state index in [1.54, 1.807) is 0 Å². The second-order valence-corrected chi connectivity index (χ2v) is 5.36. The highest BCUT2D eigenvalue weighted by molar-refractivity contribution is 9.11. The molecule has 0 saturated carbocycles. The average molecular weight is 337 g/mol. The van der Waals surface area contributed by atoms with Crippen LogP contribution in [0.3, 0.4) is 0 Å². The molecule has 0 atom stereocenters. The molecule has 0 unspecified atom stereocenters. The van der Waals surface area contributed by atoms with Crippen LogP contribution in [0.1, 0.15) is 0 Å². The van der Waals surface area contributed by atoms with Gasteiger partial charge in [-0.05, 0) is 28.1 Å². The molecule has 2 rings (SSSR count). The van der Waals surface area contributed by atoms with E-state index in [9.17, 15) is 10.1 Å². The van der Waals surface area contributed by atoms with Crippen LogP contribution in [0.5, 0.6) is 0 Å². The predicted octanol–water partition coefficient (Wildman–Crippen LogP) is 4.33. The maximum absolute atomic E-state index is 10.7. The second-order valence-electron chi connectivity index (χ2n) is 2.62. The Labute approximate surface area is 100 Å². The number of hydrogen-bond donors (Lipinski definition) is 0. The molecule has 1 heterocycles. The first-order valence-electron chi connectivity index (χ1n) is 3.61. The minimum Gasteiger partial charge on any atom is -0.258 e. The highest BCUT2D eigenvalue weighted by Gasteiger charge is 2.18. The smallest absolute Gasteiger partial charge is 0.258 e. The molecule has 2 aromatic rings. The van der Waals surface area contributed by atoms with Crippen LogP contribution in [0.2, 0.25) is 0 Å². The monoisotopic (exact) mass is 335 g/mol. The topological polar surface area (TPSA) is 43.1 Å². The third-order valence-electron chi connectivity index (χ3n) is 1.74. The summed E-state index contributed by atoms with van der Waals surface area (Å²) < 4.78 is 2.39. The normalized spacial score (nSPS) is 10.7. The van der Waals surface area contributed by atoms with Crippen molar-refractivity contribution in [3.8, 4) is 0 Å². The van der Waals surface area contributed by atoms with Gasteiger partial charge in [0, 0.05) is 14.6 Å². The summed E-state index contributed by atoms with van der Waals surface area (Å²) >= 11 is 7.73. The standard InChI is InChI=1S/C8H3Br2NO2S/c9-4-1-2-5-6(3-4)14-8(7(5)10)11(12)13/h1-3H. The zero-order valence-corrected chi connectivity index (χ0v) is 10.6. The molecular weight excluding hydrogens is 334 g/mol. The number of fused-ring (bicyclic) bond motifs is 1. The number of benzene rings is 1. The minimum atomic E-state index is -0.372. The third-order valence-corrected chi connectivity index (χ3v) is 4.40. The van der Waals surface area contributed by atoms with E-state index in [0.29, 0.717) is 4.47 Å². The van der Waals surface area contributed by atoms with Crippen molar-refractivity contribution in [3.63, 3.8) is 0 Å². The SMILES string of the molecule is O=[N+]([O-])c1sc2cc(Br)ccc2c1Br. The molecule has 0 aliphatic carbocycles. The molecule has 0 bridgehead atoms. The Hall–Kier alpha value is -0.460. The van der Waals surface area contributed by atoms with Gasteiger partial charge in [-0.15, -0.1) is 0 Å². The van der Waals surface area contributed by atoms with Crippen LogP contribution in [0.15, 0.2) is 27.1 Å². The van der Waals surface area contributed by atoms with Crippen molar-refractivity contribution in [3.05, 3.63) is 37.3 Å². The fraction of sp³-hybridized carbons (Fsp3) is 0. The molecule has 0 spiro atoms. The lowest BCUT2D eigenvalue weighted by molar-refractivity contribution is -0.380. The second kappa shape index (κ2) is 3.60. The molecule has 1 aromatic carbocycles. The molecule has 0 fully saturated rings. The van der Waals surface area contributed by atoms with E-state index in [4.69, 9.17) is 0 Å². The van der Waals surface area contributed by atoms with Crippen LogP contribution in [-0.2, 0) is 0 Å². The van der Waals surface area contributed by atoms with Crippen LogP contribution in [0, 0.1) is 10.1 Å². The summed E-state index contributed by atoms with van der Waals surface area (Å²) in [5.74, 6) is 0. The first kappa shape index (κ1) is 10.1. The van der Waals surface area contributed by atoms with E-state index < -0.39 is 0 Å². The Bertz CT molecular complexity index is 523. The van der Waals surface area contributed by atoms with Gasteiger partial charge >= 0.3 is 5.00 Å². The lowest BCUT2D eigenvalue weighted by Crippen LogP contribution is -1.82. The number of thiophene rings is 1. The summed E-state index contributed by atoms with van der Waals surface area (Å²) in [6, 6.07) is 5.59. The molecule has 0 aliphatic heterocycles. The van der Waals surface area contributed by atoms with E-state index >= 15 is 0 Å². The van der Waals surface area contributed by atoms with Crippen LogP contribution in [0.4, 0.5) is 5.00 Å². The molecule has 0 amide bonds. The summed E-state index contributed by atoms with van der Waals surface area (Å²) in [6.07, 6.45) is 0. The van der Waals surface area contributed by atoms with E-state index in [1.807, 2.05) is 18.2 Å². The van der Waals surface area contributed by atoms with Crippen LogP contribution in [-0.4, -0.2) is 4.92 Å². The Kier molecular flexibility index (Phi) is 2.59. The molecule has 14 heavy (non-hydrogen) atoms. The molecule has 0 N–H and O–H groups in total. The van der Waals surface area contributed by atoms with Gasteiger partial charge in [0.2, 0.25) is 0 Å². The summed E-state index contributed by atoms with van der Waals surface area (Å²) in [5.41, 5.74) is 0. The van der Waals surface area contributed by atoms with E-state index in [0.717, 1.165) is 14.6 Å². The zero-order valence-electron chi connectivity index (χ0n) is 6.66. The van der Waals surface area contributed by atoms with Gasteiger partial charge in [-0.2, -0.15) is 0 Å². The summed E-state index contributed by atoms with van der Waals surface area (Å²) in [5, 5.41) is 11.7. The maximum Gasteiger partial charge on any atom is 0.339 e. The molecule has 0 aliphatic rings. The lowest BCUT2D eigenvalue weighted by Gasteiger charge is -1.89. The molecule has 6 heteroatoms. The van der Waals surface area contributed by atoms with Crippen LogP contribution in [0.25, 0.3) is 10.1 Å². The third kappa shape index (κ3) is 1.57. The van der Waals surface area contributed by atoms with Gasteiger partial charge in [-0.1, -0.05) is 33.3 Å². The molecular formula is C8H3Br2NO2S. The predicted molar refractivity (Wildman–Crippen MR) is 63.9 cm³/mol. The molecule has 0 radical (unpaired) electrons. The fourth-order valence-electron chi connectivity index (χ4n) is 1.14. The largest absolute Gasteiger partial charge is 0.339 e. The van der Waals surface area contributed by atoms with Crippen LogP contribution < -0.4 is 0 Å². The lowest BCUT2D eigenvalue weighted by atomic mass is 10.3. The highest BCUT2D eigenvalue weighted by Crippen LogP contribution is 2.41. The number of halogens is 2.